The van der Waals surface area contributed by atoms with Gasteiger partial charge in [0, 0.05) is 24.8 Å². The highest BCUT2D eigenvalue weighted by atomic mass is 16.2. The molecule has 120 valence electrons. The van der Waals surface area contributed by atoms with Gasteiger partial charge in [0.05, 0.1) is 5.56 Å². The molecule has 1 aliphatic heterocycles. The summed E-state index contributed by atoms with van der Waals surface area (Å²) in [7, 11) is 0. The van der Waals surface area contributed by atoms with Crippen LogP contribution in [0.2, 0.25) is 0 Å². The third-order valence-electron chi connectivity index (χ3n) is 4.06. The first-order chi connectivity index (χ1) is 10.2. The highest BCUT2D eigenvalue weighted by molar-refractivity contribution is 5.89. The second kappa shape index (κ2) is 6.04. The lowest BCUT2D eigenvalue weighted by Gasteiger charge is -2.35. The smallest absolute Gasteiger partial charge is 0.322 e. The Labute approximate surface area is 132 Å². The normalized spacial score (nSPS) is 22.3. The summed E-state index contributed by atoms with van der Waals surface area (Å²) in [5, 5.41) is 12.1. The number of amides is 2. The number of nitrogens with zero attached hydrogens (tertiary/aromatic N) is 3. The monoisotopic (exact) mass is 302 g/mol. The fourth-order valence-electron chi connectivity index (χ4n) is 3.19. The lowest BCUT2D eigenvalue weighted by molar-refractivity contribution is 0.156. The van der Waals surface area contributed by atoms with Crippen LogP contribution in [0, 0.1) is 23.2 Å². The number of hydrogen-bond acceptors (Lipinski definition) is 2. The van der Waals surface area contributed by atoms with Gasteiger partial charge in [0.15, 0.2) is 0 Å². The van der Waals surface area contributed by atoms with Crippen molar-refractivity contribution >= 4 is 11.8 Å². The summed E-state index contributed by atoms with van der Waals surface area (Å²) in [5.41, 5.74) is 0.366. The molecule has 0 saturated carbocycles. The summed E-state index contributed by atoms with van der Waals surface area (Å²) in [6.07, 6.45) is 2.96. The Hall–Kier alpha value is -1.96. The van der Waals surface area contributed by atoms with E-state index in [4.69, 9.17) is 5.26 Å². The molecule has 0 aliphatic carbocycles. The van der Waals surface area contributed by atoms with Crippen LogP contribution in [0.3, 0.4) is 0 Å². The van der Waals surface area contributed by atoms with Crippen molar-refractivity contribution in [3.05, 3.63) is 17.8 Å². The van der Waals surface area contributed by atoms with Crippen LogP contribution >= 0.6 is 0 Å². The Morgan fingerprint density at radius 2 is 1.91 bits per heavy atom. The molecule has 1 N–H and O–H groups in total. The van der Waals surface area contributed by atoms with E-state index in [2.05, 4.69) is 46.0 Å². The van der Waals surface area contributed by atoms with Gasteiger partial charge in [-0.3, -0.25) is 5.32 Å². The average Bonchev–Trinajstić information content (AvgIpc) is 2.80. The number of carbonyl (C=O) groups excluding carboxylic acids is 1. The molecule has 1 fully saturated rings. The predicted molar refractivity (Wildman–Crippen MR) is 87.7 cm³/mol. The number of carbonyl (C=O) groups is 1. The molecule has 1 aliphatic rings. The first-order valence-electron chi connectivity index (χ1n) is 7.89. The van der Waals surface area contributed by atoms with E-state index in [-0.39, 0.29) is 11.6 Å². The molecule has 22 heavy (non-hydrogen) atoms. The van der Waals surface area contributed by atoms with E-state index in [0.717, 1.165) is 13.1 Å². The fourth-order valence-corrected chi connectivity index (χ4v) is 3.19. The topological polar surface area (TPSA) is 61.1 Å². The number of nitrogens with one attached hydrogen (secondary N) is 1. The SMILES string of the molecule is C[C@H]1C[C@H](C)CN(C(=O)Nc2cc(C#N)cn2C(C)(C)C)C1. The number of nitriles is 1. The number of rotatable bonds is 1. The Bertz CT molecular complexity index is 581. The molecular formula is C17H26N4O. The van der Waals surface area contributed by atoms with Gasteiger partial charge in [-0.15, -0.1) is 0 Å². The molecule has 0 bridgehead atoms. The summed E-state index contributed by atoms with van der Waals surface area (Å²) in [6.45, 7) is 12.1. The first-order valence-corrected chi connectivity index (χ1v) is 7.89. The van der Waals surface area contributed by atoms with Crippen molar-refractivity contribution in [1.82, 2.24) is 9.47 Å². The van der Waals surface area contributed by atoms with Crippen molar-refractivity contribution in [2.45, 2.75) is 46.6 Å². The van der Waals surface area contributed by atoms with Crippen molar-refractivity contribution in [3.63, 3.8) is 0 Å². The number of hydrogen-bond donors (Lipinski definition) is 1. The molecule has 0 aromatic carbocycles. The minimum absolute atomic E-state index is 0.0773. The van der Waals surface area contributed by atoms with Crippen molar-refractivity contribution in [2.24, 2.45) is 11.8 Å². The molecule has 2 amide bonds. The number of piperidine rings is 1. The fraction of sp³-hybridized carbons (Fsp3) is 0.647. The Morgan fingerprint density at radius 3 is 2.41 bits per heavy atom. The van der Waals surface area contributed by atoms with Crippen LogP contribution in [0.5, 0.6) is 0 Å². The van der Waals surface area contributed by atoms with Crippen molar-refractivity contribution in [3.8, 4) is 6.07 Å². The zero-order valence-corrected chi connectivity index (χ0v) is 14.2. The summed E-state index contributed by atoms with van der Waals surface area (Å²) in [6, 6.07) is 3.80. The molecule has 5 heteroatoms. The van der Waals surface area contributed by atoms with Crippen molar-refractivity contribution < 1.29 is 4.79 Å². The van der Waals surface area contributed by atoms with Crippen LogP contribution < -0.4 is 5.32 Å². The minimum Gasteiger partial charge on any atom is -0.328 e. The van der Waals surface area contributed by atoms with Gasteiger partial charge in [-0.05, 0) is 45.1 Å². The largest absolute Gasteiger partial charge is 0.328 e. The molecule has 2 heterocycles. The summed E-state index contributed by atoms with van der Waals surface area (Å²) >= 11 is 0. The minimum atomic E-state index is -0.194. The van der Waals surface area contributed by atoms with Gasteiger partial charge in [0.2, 0.25) is 0 Å². The zero-order valence-electron chi connectivity index (χ0n) is 14.2. The molecule has 2 rings (SSSR count). The maximum absolute atomic E-state index is 12.6. The average molecular weight is 302 g/mol. The molecule has 1 aromatic heterocycles. The quantitative estimate of drug-likeness (QED) is 0.861. The number of aromatic nitrogens is 1. The maximum atomic E-state index is 12.6. The van der Waals surface area contributed by atoms with E-state index in [1.807, 2.05) is 9.47 Å². The van der Waals surface area contributed by atoms with Gasteiger partial charge < -0.3 is 9.47 Å². The van der Waals surface area contributed by atoms with E-state index >= 15 is 0 Å². The Kier molecular flexibility index (Phi) is 4.50. The van der Waals surface area contributed by atoms with Crippen LogP contribution in [0.15, 0.2) is 12.3 Å². The van der Waals surface area contributed by atoms with Crippen molar-refractivity contribution in [2.75, 3.05) is 18.4 Å². The standard InChI is InChI=1S/C17H26N4O/c1-12-6-13(2)10-20(9-12)16(22)19-15-7-14(8-18)11-21(15)17(3,4)5/h7,11-13H,6,9-10H2,1-5H3,(H,19,22)/t12-,13-/m0/s1. The van der Waals surface area contributed by atoms with Crippen LogP contribution in [0.4, 0.5) is 10.6 Å². The van der Waals surface area contributed by atoms with Gasteiger partial charge in [-0.1, -0.05) is 13.8 Å². The number of likely N-dealkylation sites (tertiary alicyclic amines) is 1. The Morgan fingerprint density at radius 1 is 1.32 bits per heavy atom. The lowest BCUT2D eigenvalue weighted by atomic mass is 9.92. The molecule has 0 spiro atoms. The summed E-state index contributed by atoms with van der Waals surface area (Å²) in [4.78, 5) is 14.4. The van der Waals surface area contributed by atoms with Gasteiger partial charge in [-0.25, -0.2) is 4.79 Å². The molecule has 1 saturated heterocycles. The highest BCUT2D eigenvalue weighted by Gasteiger charge is 2.27. The Balaban J connectivity index is 2.18. The molecule has 0 unspecified atom stereocenters. The van der Waals surface area contributed by atoms with Crippen LogP contribution in [-0.4, -0.2) is 28.6 Å². The third kappa shape index (κ3) is 3.62. The highest BCUT2D eigenvalue weighted by Crippen LogP contribution is 2.26. The van der Waals surface area contributed by atoms with Crippen LogP contribution in [0.25, 0.3) is 0 Å². The first kappa shape index (κ1) is 16.4. The van der Waals surface area contributed by atoms with E-state index in [0.29, 0.717) is 23.2 Å². The van der Waals surface area contributed by atoms with Gasteiger partial charge in [0.25, 0.3) is 0 Å². The predicted octanol–water partition coefficient (Wildman–Crippen LogP) is 3.62. The summed E-state index contributed by atoms with van der Waals surface area (Å²) < 4.78 is 1.94. The van der Waals surface area contributed by atoms with Crippen LogP contribution in [-0.2, 0) is 5.54 Å². The second-order valence-corrected chi connectivity index (χ2v) is 7.55. The molecule has 0 radical (unpaired) electrons. The van der Waals surface area contributed by atoms with Gasteiger partial charge >= 0.3 is 6.03 Å². The van der Waals surface area contributed by atoms with E-state index < -0.39 is 0 Å². The van der Waals surface area contributed by atoms with Gasteiger partial charge in [0.1, 0.15) is 11.9 Å². The van der Waals surface area contributed by atoms with E-state index in [9.17, 15) is 4.79 Å². The maximum Gasteiger partial charge on any atom is 0.322 e. The molecule has 2 atom stereocenters. The second-order valence-electron chi connectivity index (χ2n) is 7.55. The van der Waals surface area contributed by atoms with Crippen LogP contribution in [0.1, 0.15) is 46.6 Å². The molecule has 5 nitrogen and oxygen atoms in total. The zero-order chi connectivity index (χ0) is 16.5. The number of urea groups is 1. The van der Waals surface area contributed by atoms with Crippen molar-refractivity contribution in [1.29, 1.82) is 5.26 Å². The lowest BCUT2D eigenvalue weighted by Crippen LogP contribution is -2.45. The third-order valence-corrected chi connectivity index (χ3v) is 4.06. The summed E-state index contributed by atoms with van der Waals surface area (Å²) in [5.74, 6) is 1.73. The number of anilines is 1. The van der Waals surface area contributed by atoms with E-state index in [1.165, 1.54) is 6.42 Å². The van der Waals surface area contributed by atoms with Gasteiger partial charge in [-0.2, -0.15) is 5.26 Å². The molecule has 1 aromatic rings. The van der Waals surface area contributed by atoms with E-state index in [1.54, 1.807) is 12.3 Å². The molecular weight excluding hydrogens is 276 g/mol.